The van der Waals surface area contributed by atoms with Crippen LogP contribution in [0.2, 0.25) is 0 Å². The number of carbonyl (C=O) groups is 1. The van der Waals surface area contributed by atoms with Crippen LogP contribution in [0.4, 0.5) is 13.2 Å². The molecule has 0 spiro atoms. The normalized spacial score (nSPS) is 19.8. The van der Waals surface area contributed by atoms with E-state index in [2.05, 4.69) is 5.32 Å². The predicted molar refractivity (Wildman–Crippen MR) is 54.8 cm³/mol. The van der Waals surface area contributed by atoms with E-state index in [0.717, 1.165) is 0 Å². The van der Waals surface area contributed by atoms with Crippen LogP contribution in [0.1, 0.15) is 40.5 Å². The fourth-order valence-electron chi connectivity index (χ4n) is 1.32. The third kappa shape index (κ3) is 2.18. The minimum absolute atomic E-state index is 0.0838. The molecule has 1 amide bonds. The maximum absolute atomic E-state index is 12.7. The first kappa shape index (κ1) is 13.3. The highest BCUT2D eigenvalue weighted by Gasteiger charge is 2.68. The minimum atomic E-state index is -4.43. The fraction of sp³-hybridized carbons (Fsp3) is 0.909. The molecule has 0 aromatic heterocycles. The summed E-state index contributed by atoms with van der Waals surface area (Å²) in [7, 11) is 0. The van der Waals surface area contributed by atoms with Crippen molar-refractivity contribution < 1.29 is 18.0 Å². The van der Waals surface area contributed by atoms with E-state index in [4.69, 9.17) is 0 Å². The maximum atomic E-state index is 12.7. The lowest BCUT2D eigenvalue weighted by molar-refractivity contribution is -0.193. The van der Waals surface area contributed by atoms with Crippen molar-refractivity contribution >= 4 is 5.91 Å². The summed E-state index contributed by atoms with van der Waals surface area (Å²) in [5, 5.41) is 2.51. The Morgan fingerprint density at radius 3 is 1.94 bits per heavy atom. The van der Waals surface area contributed by atoms with Gasteiger partial charge < -0.3 is 5.32 Å². The van der Waals surface area contributed by atoms with E-state index in [-0.39, 0.29) is 18.8 Å². The smallest absolute Gasteiger partial charge is 0.350 e. The zero-order valence-corrected chi connectivity index (χ0v) is 10.0. The first-order chi connectivity index (χ1) is 7.03. The molecule has 0 radical (unpaired) electrons. The Hall–Kier alpha value is -0.740. The quantitative estimate of drug-likeness (QED) is 0.803. The van der Waals surface area contributed by atoms with E-state index >= 15 is 0 Å². The molecule has 1 aliphatic rings. The number of halogens is 3. The summed E-state index contributed by atoms with van der Waals surface area (Å²) in [6.45, 7) is 7.21. The number of carbonyl (C=O) groups excluding carboxylic acids is 1. The van der Waals surface area contributed by atoms with E-state index in [0.29, 0.717) is 0 Å². The Morgan fingerprint density at radius 2 is 1.69 bits per heavy atom. The van der Waals surface area contributed by atoms with Gasteiger partial charge in [0.25, 0.3) is 0 Å². The first-order valence-corrected chi connectivity index (χ1v) is 5.42. The second kappa shape index (κ2) is 3.64. The third-order valence-electron chi connectivity index (χ3n) is 3.61. The molecule has 0 bridgehead atoms. The zero-order valence-electron chi connectivity index (χ0n) is 10.0. The van der Waals surface area contributed by atoms with Crippen LogP contribution in [0.25, 0.3) is 0 Å². The van der Waals surface area contributed by atoms with Gasteiger partial charge in [0.05, 0.1) is 0 Å². The van der Waals surface area contributed by atoms with Crippen LogP contribution in [-0.4, -0.2) is 17.6 Å². The maximum Gasteiger partial charge on any atom is 0.403 e. The topological polar surface area (TPSA) is 29.1 Å². The molecule has 0 heterocycles. The number of hydrogen-bond acceptors (Lipinski definition) is 1. The molecule has 2 nitrogen and oxygen atoms in total. The van der Waals surface area contributed by atoms with Gasteiger partial charge in [-0.05, 0) is 32.6 Å². The highest BCUT2D eigenvalue weighted by molar-refractivity contribution is 5.86. The Bertz CT molecular complexity index is 290. The fourth-order valence-corrected chi connectivity index (χ4v) is 1.32. The molecule has 0 saturated heterocycles. The molecule has 1 saturated carbocycles. The van der Waals surface area contributed by atoms with E-state index in [9.17, 15) is 18.0 Å². The molecular weight excluding hydrogens is 219 g/mol. The molecule has 1 rings (SSSR count). The molecule has 16 heavy (non-hydrogen) atoms. The summed E-state index contributed by atoms with van der Waals surface area (Å²) < 4.78 is 38.0. The largest absolute Gasteiger partial charge is 0.403 e. The number of rotatable bonds is 3. The van der Waals surface area contributed by atoms with Gasteiger partial charge in [-0.2, -0.15) is 13.2 Å². The van der Waals surface area contributed by atoms with E-state index < -0.39 is 23.0 Å². The van der Waals surface area contributed by atoms with E-state index in [1.165, 1.54) is 0 Å². The summed E-state index contributed by atoms with van der Waals surface area (Å²) in [5.41, 5.74) is -2.73. The Balaban J connectivity index is 2.75. The molecule has 1 fully saturated rings. The molecule has 94 valence electrons. The van der Waals surface area contributed by atoms with Crippen molar-refractivity contribution in [1.82, 2.24) is 5.32 Å². The van der Waals surface area contributed by atoms with Crippen LogP contribution in [0, 0.1) is 11.3 Å². The first-order valence-electron chi connectivity index (χ1n) is 5.42. The predicted octanol–water partition coefficient (Wildman–Crippen LogP) is 2.88. The van der Waals surface area contributed by atoms with Crippen molar-refractivity contribution in [2.45, 2.75) is 52.3 Å². The summed E-state index contributed by atoms with van der Waals surface area (Å²) >= 11 is 0. The number of hydrogen-bond donors (Lipinski definition) is 1. The minimum Gasteiger partial charge on any atom is -0.350 e. The van der Waals surface area contributed by atoms with Crippen molar-refractivity contribution in [3.63, 3.8) is 0 Å². The Morgan fingerprint density at radius 1 is 1.25 bits per heavy atom. The lowest BCUT2D eigenvalue weighted by Gasteiger charge is -2.33. The lowest BCUT2D eigenvalue weighted by Crippen LogP contribution is -2.52. The van der Waals surface area contributed by atoms with Gasteiger partial charge in [-0.15, -0.1) is 0 Å². The van der Waals surface area contributed by atoms with Crippen molar-refractivity contribution in [1.29, 1.82) is 0 Å². The van der Waals surface area contributed by atoms with Gasteiger partial charge in [-0.3, -0.25) is 4.79 Å². The summed E-state index contributed by atoms with van der Waals surface area (Å²) in [6.07, 6.45) is -4.60. The molecule has 0 atom stereocenters. The van der Waals surface area contributed by atoms with E-state index in [1.807, 2.05) is 13.8 Å². The third-order valence-corrected chi connectivity index (χ3v) is 3.61. The molecule has 5 heteroatoms. The van der Waals surface area contributed by atoms with Crippen molar-refractivity contribution in [2.75, 3.05) is 0 Å². The lowest BCUT2D eigenvalue weighted by atomic mass is 9.89. The molecule has 1 N–H and O–H groups in total. The SMILES string of the molecule is CC(C)C(C)(C)NC(=O)C1(C(F)(F)F)CC1. The van der Waals surface area contributed by atoms with Gasteiger partial charge in [-0.25, -0.2) is 0 Å². The van der Waals surface area contributed by atoms with Crippen molar-refractivity contribution in [2.24, 2.45) is 11.3 Å². The standard InChI is InChI=1S/C11H18F3NO/c1-7(2)9(3,4)15-8(16)10(5-6-10)11(12,13)14/h7H,5-6H2,1-4H3,(H,15,16). The van der Waals surface area contributed by atoms with Crippen LogP contribution in [0.15, 0.2) is 0 Å². The molecule has 0 unspecified atom stereocenters. The Labute approximate surface area is 93.6 Å². The highest BCUT2D eigenvalue weighted by atomic mass is 19.4. The second-order valence-electron chi connectivity index (χ2n) is 5.41. The molecule has 0 aliphatic heterocycles. The van der Waals surface area contributed by atoms with Crippen molar-refractivity contribution in [3.8, 4) is 0 Å². The van der Waals surface area contributed by atoms with Gasteiger partial charge in [0, 0.05) is 5.54 Å². The summed E-state index contributed by atoms with van der Waals surface area (Å²) in [4.78, 5) is 11.7. The molecule has 0 aromatic carbocycles. The highest BCUT2D eigenvalue weighted by Crippen LogP contribution is 2.57. The number of amides is 1. The van der Waals surface area contributed by atoms with E-state index in [1.54, 1.807) is 13.8 Å². The molecule has 1 aliphatic carbocycles. The van der Waals surface area contributed by atoms with Crippen molar-refractivity contribution in [3.05, 3.63) is 0 Å². The molecule has 0 aromatic rings. The van der Waals surface area contributed by atoms with Gasteiger partial charge >= 0.3 is 6.18 Å². The number of nitrogens with one attached hydrogen (secondary N) is 1. The van der Waals surface area contributed by atoms with Crippen LogP contribution in [0.5, 0.6) is 0 Å². The van der Waals surface area contributed by atoms with Crippen LogP contribution in [0.3, 0.4) is 0 Å². The van der Waals surface area contributed by atoms with Crippen LogP contribution in [-0.2, 0) is 4.79 Å². The van der Waals surface area contributed by atoms with Gasteiger partial charge in [-0.1, -0.05) is 13.8 Å². The van der Waals surface area contributed by atoms with Crippen LogP contribution < -0.4 is 5.32 Å². The average molecular weight is 237 g/mol. The van der Waals surface area contributed by atoms with Gasteiger partial charge in [0.1, 0.15) is 5.41 Å². The zero-order chi connectivity index (χ0) is 12.8. The van der Waals surface area contributed by atoms with Crippen LogP contribution >= 0.6 is 0 Å². The average Bonchev–Trinajstić information content (AvgIpc) is 2.79. The number of alkyl halides is 3. The summed E-state index contributed by atoms with van der Waals surface area (Å²) in [5.74, 6) is -0.792. The van der Waals surface area contributed by atoms with Gasteiger partial charge in [0.2, 0.25) is 5.91 Å². The Kier molecular flexibility index (Phi) is 3.03. The molecular formula is C11H18F3NO. The van der Waals surface area contributed by atoms with Gasteiger partial charge in [0.15, 0.2) is 0 Å². The monoisotopic (exact) mass is 237 g/mol. The second-order valence-corrected chi connectivity index (χ2v) is 5.41. The summed E-state index contributed by atoms with van der Waals surface area (Å²) in [6, 6.07) is 0.